The topological polar surface area (TPSA) is 36.1 Å². The highest BCUT2D eigenvalue weighted by Gasteiger charge is 1.97. The van der Waals surface area contributed by atoms with Crippen molar-refractivity contribution in [2.75, 3.05) is 0 Å². The van der Waals surface area contributed by atoms with E-state index in [0.717, 1.165) is 17.7 Å². The maximum Gasteiger partial charge on any atom is 0.0991 e. The van der Waals surface area contributed by atoms with Crippen LogP contribution in [0.2, 0.25) is 0 Å². The molecular weight excluding hydrogens is 244 g/mol. The second-order valence-corrected chi connectivity index (χ2v) is 5.26. The molecule has 0 aliphatic heterocycles. The van der Waals surface area contributed by atoms with Crippen LogP contribution in [0, 0.1) is 17.2 Å². The van der Waals surface area contributed by atoms with Crippen molar-refractivity contribution >= 4 is 11.9 Å². The van der Waals surface area contributed by atoms with Gasteiger partial charge in [-0.15, -0.1) is 0 Å². The summed E-state index contributed by atoms with van der Waals surface area (Å²) in [4.78, 5) is 4.41. The zero-order valence-electron chi connectivity index (χ0n) is 11.9. The Hall–Kier alpha value is -2.40. The summed E-state index contributed by atoms with van der Waals surface area (Å²) >= 11 is 0. The van der Waals surface area contributed by atoms with Gasteiger partial charge in [0, 0.05) is 6.21 Å². The Bertz CT molecular complexity index is 614. The average Bonchev–Trinajstić information content (AvgIpc) is 2.46. The van der Waals surface area contributed by atoms with Crippen molar-refractivity contribution in [3.8, 4) is 6.07 Å². The number of benzene rings is 2. The molecule has 2 rings (SSSR count). The Morgan fingerprint density at radius 1 is 1.05 bits per heavy atom. The molecule has 0 saturated carbocycles. The van der Waals surface area contributed by atoms with E-state index in [1.807, 2.05) is 18.3 Å². The van der Waals surface area contributed by atoms with Crippen molar-refractivity contribution in [1.82, 2.24) is 0 Å². The Labute approximate surface area is 120 Å². The van der Waals surface area contributed by atoms with E-state index in [0.29, 0.717) is 11.5 Å². The minimum absolute atomic E-state index is 0.655. The van der Waals surface area contributed by atoms with Gasteiger partial charge in [-0.3, -0.25) is 4.99 Å². The van der Waals surface area contributed by atoms with Gasteiger partial charge in [0.15, 0.2) is 0 Å². The van der Waals surface area contributed by atoms with Gasteiger partial charge in [-0.1, -0.05) is 38.1 Å². The van der Waals surface area contributed by atoms with E-state index in [2.05, 4.69) is 49.2 Å². The molecule has 0 spiro atoms. The maximum atomic E-state index is 8.74. The number of nitrogens with zero attached hydrogens (tertiary/aromatic N) is 2. The van der Waals surface area contributed by atoms with Crippen molar-refractivity contribution in [1.29, 1.82) is 5.26 Å². The van der Waals surface area contributed by atoms with Crippen LogP contribution in [-0.4, -0.2) is 6.21 Å². The summed E-state index contributed by atoms with van der Waals surface area (Å²) in [6.07, 6.45) is 2.95. The first-order chi connectivity index (χ1) is 9.67. The van der Waals surface area contributed by atoms with Crippen LogP contribution in [0.1, 0.15) is 30.5 Å². The van der Waals surface area contributed by atoms with Crippen LogP contribution in [0.15, 0.2) is 53.5 Å². The summed E-state index contributed by atoms with van der Waals surface area (Å²) in [7, 11) is 0. The van der Waals surface area contributed by atoms with Crippen molar-refractivity contribution in [2.24, 2.45) is 10.9 Å². The third-order valence-electron chi connectivity index (χ3n) is 2.98. The lowest BCUT2D eigenvalue weighted by Crippen LogP contribution is -1.93. The number of aliphatic imine (C=N–C) groups is 1. The predicted molar refractivity (Wildman–Crippen MR) is 83.4 cm³/mol. The molecule has 2 aromatic carbocycles. The summed E-state index contributed by atoms with van der Waals surface area (Å²) in [5, 5.41) is 8.74. The molecule has 0 unspecified atom stereocenters. The molecule has 2 aromatic rings. The van der Waals surface area contributed by atoms with Crippen LogP contribution >= 0.6 is 0 Å². The molecule has 2 nitrogen and oxygen atoms in total. The molecule has 20 heavy (non-hydrogen) atoms. The van der Waals surface area contributed by atoms with Gasteiger partial charge in [-0.25, -0.2) is 0 Å². The molecule has 0 bridgehead atoms. The smallest absolute Gasteiger partial charge is 0.0991 e. The SMILES string of the molecule is CC(C)Cc1ccc(C=Nc2ccc(C#N)cc2)cc1. The second kappa shape index (κ2) is 6.68. The zero-order valence-corrected chi connectivity index (χ0v) is 11.9. The summed E-state index contributed by atoms with van der Waals surface area (Å²) in [5.41, 5.74) is 3.95. The predicted octanol–water partition coefficient (Wildman–Crippen LogP) is 4.51. The molecule has 0 aromatic heterocycles. The fourth-order valence-electron chi connectivity index (χ4n) is 1.98. The number of hydrogen-bond acceptors (Lipinski definition) is 2. The van der Waals surface area contributed by atoms with Crippen LogP contribution in [0.4, 0.5) is 5.69 Å². The molecular formula is C18H18N2. The van der Waals surface area contributed by atoms with Crippen LogP contribution in [0.3, 0.4) is 0 Å². The first kappa shape index (κ1) is 14.0. The van der Waals surface area contributed by atoms with Crippen molar-refractivity contribution in [3.63, 3.8) is 0 Å². The summed E-state index contributed by atoms with van der Waals surface area (Å²) in [5.74, 6) is 0.674. The molecule has 0 amide bonds. The van der Waals surface area contributed by atoms with Crippen molar-refractivity contribution < 1.29 is 0 Å². The summed E-state index contributed by atoms with van der Waals surface area (Å²) in [6, 6.07) is 17.8. The average molecular weight is 262 g/mol. The van der Waals surface area contributed by atoms with Gasteiger partial charge < -0.3 is 0 Å². The maximum absolute atomic E-state index is 8.74. The molecule has 0 aliphatic carbocycles. The van der Waals surface area contributed by atoms with Crippen LogP contribution in [0.5, 0.6) is 0 Å². The summed E-state index contributed by atoms with van der Waals surface area (Å²) < 4.78 is 0. The first-order valence-electron chi connectivity index (χ1n) is 6.80. The number of hydrogen-bond donors (Lipinski definition) is 0. The largest absolute Gasteiger partial charge is 0.256 e. The van der Waals surface area contributed by atoms with Crippen LogP contribution in [-0.2, 0) is 6.42 Å². The van der Waals surface area contributed by atoms with Crippen molar-refractivity contribution in [3.05, 3.63) is 65.2 Å². The van der Waals surface area contributed by atoms with E-state index in [4.69, 9.17) is 5.26 Å². The van der Waals surface area contributed by atoms with E-state index in [-0.39, 0.29) is 0 Å². The molecule has 0 saturated heterocycles. The van der Waals surface area contributed by atoms with Gasteiger partial charge in [0.2, 0.25) is 0 Å². The highest BCUT2D eigenvalue weighted by atomic mass is 14.7. The minimum atomic E-state index is 0.655. The summed E-state index contributed by atoms with van der Waals surface area (Å²) in [6.45, 7) is 4.44. The molecule has 0 heterocycles. The Morgan fingerprint density at radius 2 is 1.70 bits per heavy atom. The number of rotatable bonds is 4. The van der Waals surface area contributed by atoms with E-state index in [1.165, 1.54) is 5.56 Å². The van der Waals surface area contributed by atoms with Crippen LogP contribution < -0.4 is 0 Å². The Morgan fingerprint density at radius 3 is 2.25 bits per heavy atom. The fraction of sp³-hybridized carbons (Fsp3) is 0.222. The Balaban J connectivity index is 2.05. The van der Waals surface area contributed by atoms with E-state index in [9.17, 15) is 0 Å². The first-order valence-corrected chi connectivity index (χ1v) is 6.80. The third-order valence-corrected chi connectivity index (χ3v) is 2.98. The lowest BCUT2D eigenvalue weighted by Gasteiger charge is -2.04. The second-order valence-electron chi connectivity index (χ2n) is 5.26. The zero-order chi connectivity index (χ0) is 14.4. The molecule has 2 heteroatoms. The molecule has 0 atom stereocenters. The van der Waals surface area contributed by atoms with Gasteiger partial charge in [0.25, 0.3) is 0 Å². The van der Waals surface area contributed by atoms with Gasteiger partial charge >= 0.3 is 0 Å². The molecule has 100 valence electrons. The normalized spacial score (nSPS) is 10.9. The lowest BCUT2D eigenvalue weighted by atomic mass is 10.0. The fourth-order valence-corrected chi connectivity index (χ4v) is 1.98. The van der Waals surface area contributed by atoms with E-state index < -0.39 is 0 Å². The monoisotopic (exact) mass is 262 g/mol. The lowest BCUT2D eigenvalue weighted by molar-refractivity contribution is 0.647. The molecule has 0 fully saturated rings. The third kappa shape index (κ3) is 4.07. The minimum Gasteiger partial charge on any atom is -0.256 e. The van der Waals surface area contributed by atoms with E-state index in [1.54, 1.807) is 12.1 Å². The molecule has 0 N–H and O–H groups in total. The van der Waals surface area contributed by atoms with Crippen LogP contribution in [0.25, 0.3) is 0 Å². The van der Waals surface area contributed by atoms with Gasteiger partial charge in [0.1, 0.15) is 0 Å². The highest BCUT2D eigenvalue weighted by Crippen LogP contribution is 2.13. The Kier molecular flexibility index (Phi) is 4.68. The molecule has 0 aliphatic rings. The number of nitriles is 1. The quantitative estimate of drug-likeness (QED) is 0.747. The van der Waals surface area contributed by atoms with Crippen molar-refractivity contribution in [2.45, 2.75) is 20.3 Å². The van der Waals surface area contributed by atoms with Gasteiger partial charge in [0.05, 0.1) is 17.3 Å². The van der Waals surface area contributed by atoms with Gasteiger partial charge in [-0.2, -0.15) is 5.26 Å². The highest BCUT2D eigenvalue weighted by molar-refractivity contribution is 5.81. The van der Waals surface area contributed by atoms with E-state index >= 15 is 0 Å². The standard InChI is InChI=1S/C18H18N2/c1-14(2)11-15-3-5-17(6-4-15)13-20-18-9-7-16(12-19)8-10-18/h3-10,13-14H,11H2,1-2H3. The molecule has 0 radical (unpaired) electrons. The van der Waals surface area contributed by atoms with Gasteiger partial charge in [-0.05, 0) is 47.7 Å².